The Hall–Kier alpha value is -2.04. The zero-order valence-electron chi connectivity index (χ0n) is 22.8. The number of rotatable bonds is 8. The molecular weight excluding hydrogens is 420 g/mol. The first-order valence-electron chi connectivity index (χ1n) is 13.2. The van der Waals surface area contributed by atoms with Gasteiger partial charge in [-0.25, -0.2) is 0 Å². The van der Waals surface area contributed by atoms with Crippen LogP contribution in [-0.2, 0) is 13.1 Å². The first kappa shape index (κ1) is 26.6. The predicted molar refractivity (Wildman–Crippen MR) is 143 cm³/mol. The molecule has 34 heavy (non-hydrogen) atoms. The van der Waals surface area contributed by atoms with Crippen LogP contribution in [0.4, 0.5) is 0 Å². The second-order valence-corrected chi connectivity index (χ2v) is 10.6. The highest BCUT2D eigenvalue weighted by Gasteiger charge is 2.23. The van der Waals surface area contributed by atoms with E-state index in [1.54, 1.807) is 0 Å². The molecule has 188 valence electrons. The number of aryl methyl sites for hydroxylation is 2. The molecule has 0 aromatic heterocycles. The zero-order valence-corrected chi connectivity index (χ0v) is 22.8. The van der Waals surface area contributed by atoms with Gasteiger partial charge in [-0.2, -0.15) is 0 Å². The lowest BCUT2D eigenvalue weighted by Gasteiger charge is -2.36. The Kier molecular flexibility index (Phi) is 8.70. The molecule has 1 aliphatic rings. The molecule has 2 N–H and O–H groups in total. The minimum absolute atomic E-state index is 0.376. The Bertz CT molecular complexity index is 924. The smallest absolute Gasteiger partial charge is 0.122 e. The molecule has 2 unspecified atom stereocenters. The quantitative estimate of drug-likeness (QED) is 0.456. The van der Waals surface area contributed by atoms with Gasteiger partial charge in [0.25, 0.3) is 0 Å². The fourth-order valence-corrected chi connectivity index (χ4v) is 5.32. The summed E-state index contributed by atoms with van der Waals surface area (Å²) in [6.45, 7) is 23.1. The average Bonchev–Trinajstić information content (AvgIpc) is 2.83. The van der Waals surface area contributed by atoms with E-state index in [0.29, 0.717) is 23.3 Å². The number of hydrogen-bond donors (Lipinski definition) is 2. The van der Waals surface area contributed by atoms with E-state index in [1.807, 2.05) is 0 Å². The van der Waals surface area contributed by atoms with Crippen molar-refractivity contribution in [2.24, 2.45) is 0 Å². The predicted octanol–water partition coefficient (Wildman–Crippen LogP) is 6.68. The fourth-order valence-electron chi connectivity index (χ4n) is 5.32. The molecule has 0 bridgehead atoms. The number of benzene rings is 2. The molecule has 0 radical (unpaired) electrons. The van der Waals surface area contributed by atoms with E-state index in [1.165, 1.54) is 22.3 Å². The monoisotopic (exact) mass is 466 g/mol. The summed E-state index contributed by atoms with van der Waals surface area (Å²) in [4.78, 5) is 5.02. The Balaban J connectivity index is 1.67. The Morgan fingerprint density at radius 1 is 0.676 bits per heavy atom. The van der Waals surface area contributed by atoms with Crippen LogP contribution in [0, 0.1) is 27.7 Å². The van der Waals surface area contributed by atoms with Crippen LogP contribution in [0.25, 0.3) is 0 Å². The van der Waals surface area contributed by atoms with E-state index in [4.69, 9.17) is 0 Å². The molecule has 2 aromatic rings. The van der Waals surface area contributed by atoms with E-state index in [9.17, 15) is 10.2 Å². The summed E-state index contributed by atoms with van der Waals surface area (Å²) in [7, 11) is 0. The first-order valence-corrected chi connectivity index (χ1v) is 13.2. The summed E-state index contributed by atoms with van der Waals surface area (Å²) in [5.74, 6) is 1.72. The zero-order chi connectivity index (χ0) is 25.2. The number of nitrogens with zero attached hydrogens (tertiary/aromatic N) is 2. The molecule has 0 aliphatic carbocycles. The third kappa shape index (κ3) is 5.44. The van der Waals surface area contributed by atoms with E-state index < -0.39 is 0 Å². The Morgan fingerprint density at radius 2 is 1.00 bits per heavy atom. The van der Waals surface area contributed by atoms with Crippen LogP contribution in [0.15, 0.2) is 12.1 Å². The molecule has 2 atom stereocenters. The SMILES string of the molecule is CCC(C)c1cc(C)c(CN2CCN(Cc3c(C)cc(C(C)CC)c(O)c3C)CC2)c(C)c1O. The summed E-state index contributed by atoms with van der Waals surface area (Å²) in [5, 5.41) is 21.7. The van der Waals surface area contributed by atoms with Gasteiger partial charge in [0.05, 0.1) is 0 Å². The second-order valence-electron chi connectivity index (χ2n) is 10.6. The molecule has 0 spiro atoms. The maximum atomic E-state index is 10.8. The topological polar surface area (TPSA) is 46.9 Å². The molecule has 1 aliphatic heterocycles. The molecule has 3 rings (SSSR count). The number of phenolic OH excluding ortho intramolecular Hbond substituents is 2. The summed E-state index contributed by atoms with van der Waals surface area (Å²) < 4.78 is 0. The lowest BCUT2D eigenvalue weighted by Crippen LogP contribution is -2.45. The van der Waals surface area contributed by atoms with Gasteiger partial charge in [0, 0.05) is 39.3 Å². The molecule has 1 heterocycles. The van der Waals surface area contributed by atoms with Crippen LogP contribution in [0.1, 0.15) is 96.9 Å². The van der Waals surface area contributed by atoms with Gasteiger partial charge in [0.2, 0.25) is 0 Å². The molecule has 0 saturated carbocycles. The Morgan fingerprint density at radius 3 is 1.29 bits per heavy atom. The van der Waals surface area contributed by atoms with Crippen molar-refractivity contribution in [1.82, 2.24) is 9.80 Å². The van der Waals surface area contributed by atoms with Crippen molar-refractivity contribution < 1.29 is 10.2 Å². The molecule has 0 amide bonds. The van der Waals surface area contributed by atoms with Gasteiger partial charge in [0.1, 0.15) is 11.5 Å². The van der Waals surface area contributed by atoms with Crippen molar-refractivity contribution in [3.63, 3.8) is 0 Å². The van der Waals surface area contributed by atoms with Crippen molar-refractivity contribution in [3.05, 3.63) is 56.6 Å². The maximum Gasteiger partial charge on any atom is 0.122 e. The highest BCUT2D eigenvalue weighted by molar-refractivity contribution is 5.51. The van der Waals surface area contributed by atoms with Crippen LogP contribution in [-0.4, -0.2) is 46.2 Å². The van der Waals surface area contributed by atoms with Crippen molar-refractivity contribution in [2.75, 3.05) is 26.2 Å². The summed E-state index contributed by atoms with van der Waals surface area (Å²) in [6, 6.07) is 4.40. The summed E-state index contributed by atoms with van der Waals surface area (Å²) in [5.41, 5.74) is 9.37. The van der Waals surface area contributed by atoms with Gasteiger partial charge in [-0.3, -0.25) is 9.80 Å². The second kappa shape index (κ2) is 11.1. The minimum Gasteiger partial charge on any atom is -0.507 e. The third-order valence-electron chi connectivity index (χ3n) is 8.37. The number of hydrogen-bond acceptors (Lipinski definition) is 4. The highest BCUT2D eigenvalue weighted by atomic mass is 16.3. The van der Waals surface area contributed by atoms with Gasteiger partial charge in [0.15, 0.2) is 0 Å². The standard InChI is InChI=1S/C30H46N2O2/c1-9-19(3)25-15-21(5)27(23(7)29(25)33)17-31-11-13-32(14-12-31)18-28-22(6)16-26(20(4)10-2)30(34)24(28)8/h15-16,19-20,33-34H,9-14,17-18H2,1-8H3. The van der Waals surface area contributed by atoms with Crippen molar-refractivity contribution >= 4 is 0 Å². The van der Waals surface area contributed by atoms with Crippen molar-refractivity contribution in [2.45, 2.75) is 93.2 Å². The first-order chi connectivity index (χ1) is 16.1. The van der Waals surface area contributed by atoms with Gasteiger partial charge < -0.3 is 10.2 Å². The molecule has 1 fully saturated rings. The summed E-state index contributed by atoms with van der Waals surface area (Å²) >= 11 is 0. The van der Waals surface area contributed by atoms with Gasteiger partial charge in [-0.1, -0.05) is 39.8 Å². The molecule has 2 aromatic carbocycles. The molecular formula is C30H46N2O2. The van der Waals surface area contributed by atoms with Crippen LogP contribution < -0.4 is 0 Å². The number of aromatic hydroxyl groups is 2. The minimum atomic E-state index is 0.376. The lowest BCUT2D eigenvalue weighted by atomic mass is 9.90. The maximum absolute atomic E-state index is 10.8. The van der Waals surface area contributed by atoms with Crippen LogP contribution >= 0.6 is 0 Å². The highest BCUT2D eigenvalue weighted by Crippen LogP contribution is 2.36. The molecule has 4 heteroatoms. The molecule has 1 saturated heterocycles. The largest absolute Gasteiger partial charge is 0.507 e. The van der Waals surface area contributed by atoms with Crippen LogP contribution in [0.5, 0.6) is 11.5 Å². The average molecular weight is 467 g/mol. The lowest BCUT2D eigenvalue weighted by molar-refractivity contribution is 0.121. The van der Waals surface area contributed by atoms with Gasteiger partial charge in [-0.15, -0.1) is 0 Å². The van der Waals surface area contributed by atoms with Gasteiger partial charge in [-0.05, 0) is 96.9 Å². The van der Waals surface area contributed by atoms with E-state index in [-0.39, 0.29) is 0 Å². The number of piperazine rings is 1. The van der Waals surface area contributed by atoms with E-state index >= 15 is 0 Å². The van der Waals surface area contributed by atoms with Crippen LogP contribution in [0.2, 0.25) is 0 Å². The van der Waals surface area contributed by atoms with Crippen molar-refractivity contribution in [1.29, 1.82) is 0 Å². The van der Waals surface area contributed by atoms with Crippen molar-refractivity contribution in [3.8, 4) is 11.5 Å². The van der Waals surface area contributed by atoms with E-state index in [2.05, 4.69) is 77.3 Å². The van der Waals surface area contributed by atoms with Crippen LogP contribution in [0.3, 0.4) is 0 Å². The third-order valence-corrected chi connectivity index (χ3v) is 8.37. The molecule has 4 nitrogen and oxygen atoms in total. The summed E-state index contributed by atoms with van der Waals surface area (Å²) in [6.07, 6.45) is 2.07. The normalized spacial score (nSPS) is 17.2. The van der Waals surface area contributed by atoms with E-state index in [0.717, 1.165) is 74.4 Å². The Labute approximate surface area is 207 Å². The fraction of sp³-hybridized carbons (Fsp3) is 0.600. The van der Waals surface area contributed by atoms with Gasteiger partial charge >= 0.3 is 0 Å². The number of phenols is 2.